The Balaban J connectivity index is 1.35. The second kappa shape index (κ2) is 12.6. The number of amides is 1. The number of nitrogens with zero attached hydrogens (tertiary/aromatic N) is 1. The molecule has 1 saturated heterocycles. The van der Waals surface area contributed by atoms with E-state index < -0.39 is 25.1 Å². The molecule has 224 valence electrons. The van der Waals surface area contributed by atoms with E-state index >= 15 is 0 Å². The summed E-state index contributed by atoms with van der Waals surface area (Å²) in [4.78, 5) is 37.8. The van der Waals surface area contributed by atoms with Gasteiger partial charge in [0.2, 0.25) is 5.71 Å². The predicted octanol–water partition coefficient (Wildman–Crippen LogP) is 3.43. The van der Waals surface area contributed by atoms with Crippen molar-refractivity contribution in [2.45, 2.75) is 69.7 Å². The molecule has 1 saturated carbocycles. The maximum atomic E-state index is 13.8. The molecule has 0 aromatic heterocycles. The Morgan fingerprint density at radius 3 is 2.41 bits per heavy atom. The zero-order chi connectivity index (χ0) is 29.8. The van der Waals surface area contributed by atoms with Gasteiger partial charge < -0.3 is 20.4 Å². The minimum atomic E-state index is -4.67. The first-order chi connectivity index (χ1) is 19.2. The van der Waals surface area contributed by atoms with Crippen LogP contribution in [0.25, 0.3) is 0 Å². The molecule has 1 amide bonds. The Labute approximate surface area is 236 Å². The number of likely N-dealkylation sites (tertiary alicyclic amines) is 1. The molecule has 1 aliphatic carbocycles. The second-order valence-corrected chi connectivity index (χ2v) is 12.2. The van der Waals surface area contributed by atoms with Gasteiger partial charge in [-0.05, 0) is 71.8 Å². The smallest absolute Gasteiger partial charge is 0.337 e. The number of carbonyl (C=O) groups is 1. The molecular weight excluding hydrogens is 562 g/mol. The number of rotatable bonds is 9. The average molecular weight is 599 g/mol. The van der Waals surface area contributed by atoms with Crippen molar-refractivity contribution < 1.29 is 46.8 Å². The molecule has 0 bridgehead atoms. The Kier molecular flexibility index (Phi) is 9.60. The number of hydrogen-bond donors (Lipinski definition) is 4. The van der Waals surface area contributed by atoms with Gasteiger partial charge in [0.25, 0.3) is 5.91 Å². The van der Waals surface area contributed by atoms with Crippen LogP contribution >= 0.6 is 7.82 Å². The number of phosphoric ester groups is 1. The zero-order valence-corrected chi connectivity index (χ0v) is 23.7. The second-order valence-electron chi connectivity index (χ2n) is 11.0. The summed E-state index contributed by atoms with van der Waals surface area (Å²) in [5.41, 5.74) is 7.01. The Morgan fingerprint density at radius 1 is 1.12 bits per heavy atom. The van der Waals surface area contributed by atoms with Gasteiger partial charge in [-0.3, -0.25) is 14.2 Å². The highest BCUT2D eigenvalue weighted by Gasteiger charge is 2.39. The molecule has 5 N–H and O–H groups in total. The van der Waals surface area contributed by atoms with Crippen molar-refractivity contribution >= 4 is 19.4 Å². The lowest BCUT2D eigenvalue weighted by molar-refractivity contribution is -0.758. The maximum Gasteiger partial charge on any atom is 0.469 e. The Bertz CT molecular complexity index is 1310. The van der Waals surface area contributed by atoms with Gasteiger partial charge in [0.1, 0.15) is 0 Å². The van der Waals surface area contributed by atoms with Crippen LogP contribution in [0.5, 0.6) is 0 Å². The van der Waals surface area contributed by atoms with E-state index in [9.17, 15) is 22.5 Å². The fraction of sp³-hybridized carbons (Fsp3) is 0.500. The molecule has 1 atom stereocenters. The predicted molar refractivity (Wildman–Crippen MR) is 145 cm³/mol. The number of benzene rings is 2. The Morgan fingerprint density at radius 2 is 1.78 bits per heavy atom. The lowest BCUT2D eigenvalue weighted by Crippen LogP contribution is -2.71. The lowest BCUT2D eigenvalue weighted by Gasteiger charge is -2.25. The molecule has 0 spiro atoms. The van der Waals surface area contributed by atoms with Gasteiger partial charge in [-0.25, -0.2) is 4.57 Å². The lowest BCUT2D eigenvalue weighted by atomic mass is 9.81. The van der Waals surface area contributed by atoms with Crippen LogP contribution in [-0.2, 0) is 26.7 Å². The van der Waals surface area contributed by atoms with E-state index in [0.29, 0.717) is 35.4 Å². The van der Waals surface area contributed by atoms with Gasteiger partial charge >= 0.3 is 14.0 Å². The fourth-order valence-electron chi connectivity index (χ4n) is 5.44. The zero-order valence-electron chi connectivity index (χ0n) is 22.8. The molecule has 2 aromatic carbocycles. The largest absolute Gasteiger partial charge is 0.469 e. The molecule has 1 unspecified atom stereocenters. The molecule has 2 aromatic rings. The van der Waals surface area contributed by atoms with Crippen molar-refractivity contribution in [1.29, 1.82) is 0 Å². The minimum Gasteiger partial charge on any atom is -0.337 e. The van der Waals surface area contributed by atoms with E-state index in [-0.39, 0.29) is 31.6 Å². The molecule has 13 heteroatoms. The number of nitrogens with one attached hydrogen (secondary N) is 1. The molecule has 2 fully saturated rings. The molecule has 1 heterocycles. The van der Waals surface area contributed by atoms with E-state index in [1.54, 1.807) is 43.3 Å². The van der Waals surface area contributed by atoms with Gasteiger partial charge in [0, 0.05) is 31.1 Å². The SMILES string of the molecule is C/C(=[NH+]\OCc1ccc(C2CCCCC2)c(C(F)(F)F)c1)c1ccc(C(=O)N2CCC(N)(COP(=O)(O)O)C2)cc1. The summed E-state index contributed by atoms with van der Waals surface area (Å²) in [6.07, 6.45) is 0.416. The van der Waals surface area contributed by atoms with Crippen molar-refractivity contribution in [3.63, 3.8) is 0 Å². The van der Waals surface area contributed by atoms with Crippen LogP contribution in [0.2, 0.25) is 0 Å². The van der Waals surface area contributed by atoms with E-state index in [2.05, 4.69) is 9.68 Å². The van der Waals surface area contributed by atoms with Crippen molar-refractivity contribution in [2.24, 2.45) is 5.73 Å². The summed E-state index contributed by atoms with van der Waals surface area (Å²) in [6, 6.07) is 11.1. The van der Waals surface area contributed by atoms with Crippen molar-refractivity contribution in [3.8, 4) is 0 Å². The summed E-state index contributed by atoms with van der Waals surface area (Å²) in [5.74, 6) is -0.344. The molecular formula is C28H36F3N3O6P+. The number of carbonyl (C=O) groups excluding carboxylic acids is 1. The molecule has 4 rings (SSSR count). The highest BCUT2D eigenvalue weighted by Crippen LogP contribution is 2.41. The molecule has 0 radical (unpaired) electrons. The summed E-state index contributed by atoms with van der Waals surface area (Å²) in [6.45, 7) is 1.71. The third-order valence-electron chi connectivity index (χ3n) is 7.69. The van der Waals surface area contributed by atoms with Crippen molar-refractivity contribution in [1.82, 2.24) is 4.90 Å². The van der Waals surface area contributed by atoms with Crippen LogP contribution in [0.15, 0.2) is 42.5 Å². The first-order valence-electron chi connectivity index (χ1n) is 13.5. The van der Waals surface area contributed by atoms with Gasteiger partial charge in [-0.15, -0.1) is 0 Å². The third-order valence-corrected chi connectivity index (χ3v) is 8.16. The molecule has 2 aliphatic rings. The van der Waals surface area contributed by atoms with E-state index in [4.69, 9.17) is 20.4 Å². The van der Waals surface area contributed by atoms with Gasteiger partial charge in [0.15, 0.2) is 6.61 Å². The number of nitrogens with two attached hydrogens (primary N) is 1. The number of hydrogen-bond acceptors (Lipinski definition) is 5. The van der Waals surface area contributed by atoms with Crippen LogP contribution in [0.4, 0.5) is 13.2 Å². The number of halogens is 3. The third kappa shape index (κ3) is 8.39. The normalized spacial score (nSPS) is 20.9. The summed E-state index contributed by atoms with van der Waals surface area (Å²) >= 11 is 0. The van der Waals surface area contributed by atoms with Gasteiger partial charge in [-0.2, -0.15) is 13.2 Å². The minimum absolute atomic E-state index is 0.0657. The number of phosphoric acid groups is 1. The van der Waals surface area contributed by atoms with Crippen molar-refractivity contribution in [3.05, 3.63) is 70.3 Å². The van der Waals surface area contributed by atoms with Crippen LogP contribution in [0, 0.1) is 0 Å². The first-order valence-corrected chi connectivity index (χ1v) is 15.1. The summed E-state index contributed by atoms with van der Waals surface area (Å²) in [7, 11) is -4.67. The highest BCUT2D eigenvalue weighted by molar-refractivity contribution is 7.46. The monoisotopic (exact) mass is 598 g/mol. The number of alkyl halides is 3. The Hall–Kier alpha value is -2.76. The quantitative estimate of drug-likeness (QED) is 0.197. The first kappa shape index (κ1) is 31.2. The van der Waals surface area contributed by atoms with Gasteiger partial charge in [0.05, 0.1) is 17.7 Å². The topological polar surface area (TPSA) is 136 Å². The summed E-state index contributed by atoms with van der Waals surface area (Å²) in [5, 5.41) is 2.77. The van der Waals surface area contributed by atoms with Gasteiger partial charge in [-0.1, -0.05) is 31.4 Å². The van der Waals surface area contributed by atoms with E-state index in [1.807, 2.05) is 0 Å². The highest BCUT2D eigenvalue weighted by atomic mass is 31.2. The van der Waals surface area contributed by atoms with E-state index in [1.165, 1.54) is 11.0 Å². The standard InChI is InChI=1S/C28H35F3N3O6P/c1-19(33-39-16-20-7-12-24(22-5-3-2-4-6-22)25(15-20)28(29,30)31)21-8-10-23(11-9-21)26(35)34-14-13-27(32,17-34)18-40-41(36,37)38/h7-12,15,22H,2-6,13-14,16-18,32H2,1H3,(H2,36,37,38)/p+1/b33-19+. The van der Waals surface area contributed by atoms with Crippen LogP contribution in [0.3, 0.4) is 0 Å². The van der Waals surface area contributed by atoms with Crippen LogP contribution < -0.4 is 10.9 Å². The molecule has 1 aliphatic heterocycles. The summed E-state index contributed by atoms with van der Waals surface area (Å²) < 4.78 is 57.0. The molecule has 41 heavy (non-hydrogen) atoms. The maximum absolute atomic E-state index is 13.8. The average Bonchev–Trinajstić information content (AvgIpc) is 3.33. The van der Waals surface area contributed by atoms with E-state index in [0.717, 1.165) is 37.7 Å². The van der Waals surface area contributed by atoms with Crippen LogP contribution in [-0.4, -0.2) is 51.5 Å². The van der Waals surface area contributed by atoms with Crippen LogP contribution in [0.1, 0.15) is 84.0 Å². The van der Waals surface area contributed by atoms with Crippen molar-refractivity contribution in [2.75, 3.05) is 19.7 Å². The fourth-order valence-corrected chi connectivity index (χ4v) is 5.87. The molecule has 9 nitrogen and oxygen atoms in total.